The molecule has 84 valence electrons. The lowest BCUT2D eigenvalue weighted by Crippen LogP contribution is -1.99. The molecule has 0 saturated carbocycles. The summed E-state index contributed by atoms with van der Waals surface area (Å²) in [6.45, 7) is 0. The summed E-state index contributed by atoms with van der Waals surface area (Å²) in [4.78, 5) is 0. The van der Waals surface area contributed by atoms with Crippen LogP contribution in [-0.4, -0.2) is 9.78 Å². The molecule has 0 radical (unpaired) electrons. The van der Waals surface area contributed by atoms with Crippen molar-refractivity contribution in [2.75, 3.05) is 11.1 Å². The van der Waals surface area contributed by atoms with Gasteiger partial charge < -0.3 is 11.1 Å². The molecule has 3 N–H and O–H groups in total. The van der Waals surface area contributed by atoms with Crippen molar-refractivity contribution in [2.45, 2.75) is 0 Å². The van der Waals surface area contributed by atoms with Crippen molar-refractivity contribution >= 4 is 39.8 Å². The Kier molecular flexibility index (Phi) is 2.99. The molecule has 4 nitrogen and oxygen atoms in total. The average molecular weight is 332 g/mol. The summed E-state index contributed by atoms with van der Waals surface area (Å²) in [5.41, 5.74) is 6.80. The van der Waals surface area contributed by atoms with E-state index < -0.39 is 0 Å². The van der Waals surface area contributed by atoms with E-state index in [4.69, 9.17) is 5.73 Å². The normalized spacial score (nSPS) is 10.4. The van der Waals surface area contributed by atoms with Crippen LogP contribution < -0.4 is 11.1 Å². The highest BCUT2D eigenvalue weighted by atomic mass is 127. The van der Waals surface area contributed by atoms with Crippen molar-refractivity contribution in [1.29, 1.82) is 0 Å². The molecule has 0 amide bonds. The molecule has 0 atom stereocenters. The van der Waals surface area contributed by atoms with Gasteiger partial charge in [0.1, 0.15) is 5.82 Å². The molecule has 1 aromatic carbocycles. The van der Waals surface area contributed by atoms with Crippen LogP contribution in [0.4, 0.5) is 21.6 Å². The van der Waals surface area contributed by atoms with Crippen LogP contribution in [0, 0.1) is 9.39 Å². The third-order valence-corrected chi connectivity index (χ3v) is 2.90. The standard InChI is InChI=1S/C10H10FIN4/c1-16-3-2-10(15-16)14-9-4-6(11)7(12)5-8(9)13/h2-5H,13H2,1H3,(H,14,15). The van der Waals surface area contributed by atoms with Crippen LogP contribution in [-0.2, 0) is 7.05 Å². The maximum Gasteiger partial charge on any atom is 0.152 e. The second-order valence-corrected chi connectivity index (χ2v) is 4.52. The summed E-state index contributed by atoms with van der Waals surface area (Å²) < 4.78 is 15.5. The Morgan fingerprint density at radius 1 is 1.50 bits per heavy atom. The number of rotatable bonds is 2. The lowest BCUT2D eigenvalue weighted by atomic mass is 10.2. The van der Waals surface area contributed by atoms with E-state index in [9.17, 15) is 4.39 Å². The van der Waals surface area contributed by atoms with E-state index in [0.29, 0.717) is 20.8 Å². The van der Waals surface area contributed by atoms with E-state index in [-0.39, 0.29) is 5.82 Å². The molecule has 6 heteroatoms. The number of nitrogen functional groups attached to an aromatic ring is 1. The second-order valence-electron chi connectivity index (χ2n) is 3.35. The number of nitrogens with two attached hydrogens (primary N) is 1. The predicted molar refractivity (Wildman–Crippen MR) is 70.0 cm³/mol. The molecule has 16 heavy (non-hydrogen) atoms. The SMILES string of the molecule is Cn1ccc(Nc2cc(F)c(I)cc2N)n1. The van der Waals surface area contributed by atoms with Gasteiger partial charge in [-0.2, -0.15) is 5.10 Å². The van der Waals surface area contributed by atoms with Crippen molar-refractivity contribution in [3.8, 4) is 0 Å². The highest BCUT2D eigenvalue weighted by Gasteiger charge is 2.07. The minimum atomic E-state index is -0.298. The Balaban J connectivity index is 2.31. The monoisotopic (exact) mass is 332 g/mol. The minimum Gasteiger partial charge on any atom is -0.397 e. The predicted octanol–water partition coefficient (Wildman–Crippen LogP) is 2.49. The summed E-state index contributed by atoms with van der Waals surface area (Å²) in [5, 5.41) is 7.09. The molecule has 2 rings (SSSR count). The topological polar surface area (TPSA) is 55.9 Å². The van der Waals surface area contributed by atoms with Gasteiger partial charge in [-0.15, -0.1) is 0 Å². The molecule has 0 aliphatic heterocycles. The number of nitrogens with zero attached hydrogens (tertiary/aromatic N) is 2. The molecule has 0 spiro atoms. The highest BCUT2D eigenvalue weighted by molar-refractivity contribution is 14.1. The Morgan fingerprint density at radius 3 is 2.88 bits per heavy atom. The molecule has 0 bridgehead atoms. The van der Waals surface area contributed by atoms with E-state index >= 15 is 0 Å². The van der Waals surface area contributed by atoms with Gasteiger partial charge in [-0.3, -0.25) is 4.68 Å². The van der Waals surface area contributed by atoms with Gasteiger partial charge in [0.05, 0.1) is 14.9 Å². The van der Waals surface area contributed by atoms with Crippen molar-refractivity contribution in [3.63, 3.8) is 0 Å². The first kappa shape index (κ1) is 11.2. The molecule has 0 aliphatic carbocycles. The summed E-state index contributed by atoms with van der Waals surface area (Å²) in [5.74, 6) is 0.336. The molecule has 0 fully saturated rings. The van der Waals surface area contributed by atoms with Gasteiger partial charge in [0.25, 0.3) is 0 Å². The number of anilines is 3. The summed E-state index contributed by atoms with van der Waals surface area (Å²) >= 11 is 1.90. The highest BCUT2D eigenvalue weighted by Crippen LogP contribution is 2.26. The van der Waals surface area contributed by atoms with Gasteiger partial charge in [-0.1, -0.05) is 0 Å². The molecule has 0 unspecified atom stereocenters. The van der Waals surface area contributed by atoms with Crippen molar-refractivity contribution in [3.05, 3.63) is 33.8 Å². The van der Waals surface area contributed by atoms with Gasteiger partial charge in [-0.25, -0.2) is 4.39 Å². The Bertz CT molecular complexity index is 524. The Hall–Kier alpha value is -1.31. The summed E-state index contributed by atoms with van der Waals surface area (Å²) in [7, 11) is 1.81. The van der Waals surface area contributed by atoms with E-state index in [1.807, 2.05) is 29.6 Å². The van der Waals surface area contributed by atoms with Gasteiger partial charge in [0, 0.05) is 25.4 Å². The largest absolute Gasteiger partial charge is 0.397 e. The number of hydrogen-bond acceptors (Lipinski definition) is 3. The van der Waals surface area contributed by atoms with E-state index in [1.54, 1.807) is 23.0 Å². The first-order valence-electron chi connectivity index (χ1n) is 4.57. The number of aryl methyl sites for hydroxylation is 1. The number of nitrogens with one attached hydrogen (secondary N) is 1. The number of hydrogen-bond donors (Lipinski definition) is 2. The number of benzene rings is 1. The van der Waals surface area contributed by atoms with Crippen LogP contribution in [0.1, 0.15) is 0 Å². The average Bonchev–Trinajstić information content (AvgIpc) is 2.60. The molecular weight excluding hydrogens is 322 g/mol. The second kappa shape index (κ2) is 4.28. The van der Waals surface area contributed by atoms with Gasteiger partial charge >= 0.3 is 0 Å². The first-order chi connectivity index (χ1) is 7.56. The number of halogens is 2. The lowest BCUT2D eigenvalue weighted by Gasteiger charge is -2.07. The number of aromatic nitrogens is 2. The van der Waals surface area contributed by atoms with Gasteiger partial charge in [-0.05, 0) is 28.7 Å². The molecule has 1 heterocycles. The van der Waals surface area contributed by atoms with Crippen molar-refractivity contribution in [2.24, 2.45) is 7.05 Å². The molecular formula is C10H10FIN4. The maximum absolute atomic E-state index is 13.3. The lowest BCUT2D eigenvalue weighted by molar-refractivity contribution is 0.621. The smallest absolute Gasteiger partial charge is 0.152 e. The van der Waals surface area contributed by atoms with Crippen molar-refractivity contribution < 1.29 is 4.39 Å². The minimum absolute atomic E-state index is 0.298. The van der Waals surface area contributed by atoms with Crippen LogP contribution in [0.2, 0.25) is 0 Å². The third-order valence-electron chi connectivity index (χ3n) is 2.07. The molecule has 0 aliphatic rings. The molecule has 1 aromatic heterocycles. The quantitative estimate of drug-likeness (QED) is 0.656. The zero-order chi connectivity index (χ0) is 11.7. The van der Waals surface area contributed by atoms with Gasteiger partial charge in [0.2, 0.25) is 0 Å². The summed E-state index contributed by atoms with van der Waals surface area (Å²) in [6.07, 6.45) is 1.79. The summed E-state index contributed by atoms with van der Waals surface area (Å²) in [6, 6.07) is 4.74. The first-order valence-corrected chi connectivity index (χ1v) is 5.65. The zero-order valence-electron chi connectivity index (χ0n) is 8.54. The molecule has 2 aromatic rings. The zero-order valence-corrected chi connectivity index (χ0v) is 10.7. The van der Waals surface area contributed by atoms with Crippen LogP contribution in [0.3, 0.4) is 0 Å². The molecule has 0 saturated heterocycles. The van der Waals surface area contributed by atoms with Crippen LogP contribution in [0.15, 0.2) is 24.4 Å². The Morgan fingerprint density at radius 2 is 2.25 bits per heavy atom. The van der Waals surface area contributed by atoms with Crippen LogP contribution in [0.25, 0.3) is 0 Å². The van der Waals surface area contributed by atoms with E-state index in [0.717, 1.165) is 0 Å². The van der Waals surface area contributed by atoms with E-state index in [2.05, 4.69) is 10.4 Å². The van der Waals surface area contributed by atoms with Crippen molar-refractivity contribution in [1.82, 2.24) is 9.78 Å². The fourth-order valence-corrected chi connectivity index (χ4v) is 1.78. The van der Waals surface area contributed by atoms with E-state index in [1.165, 1.54) is 6.07 Å². The third kappa shape index (κ3) is 2.26. The van der Waals surface area contributed by atoms with Crippen LogP contribution >= 0.6 is 22.6 Å². The van der Waals surface area contributed by atoms with Crippen LogP contribution in [0.5, 0.6) is 0 Å². The Labute approximate surface area is 106 Å². The fourth-order valence-electron chi connectivity index (χ4n) is 1.29. The van der Waals surface area contributed by atoms with Gasteiger partial charge in [0.15, 0.2) is 5.82 Å². The maximum atomic E-state index is 13.3. The fraction of sp³-hybridized carbons (Fsp3) is 0.100.